The average molecular weight is 258 g/mol. The monoisotopic (exact) mass is 258 g/mol. The number of aromatic nitrogens is 1. The molecule has 0 amide bonds. The molecular formula is C12H22N2S2. The highest BCUT2D eigenvalue weighted by atomic mass is 32.2. The third kappa shape index (κ3) is 4.85. The Morgan fingerprint density at radius 2 is 2.25 bits per heavy atom. The summed E-state index contributed by atoms with van der Waals surface area (Å²) < 4.78 is 0. The topological polar surface area (TPSA) is 24.9 Å². The van der Waals surface area contributed by atoms with Crippen LogP contribution in [0.4, 0.5) is 0 Å². The average Bonchev–Trinajstić information content (AvgIpc) is 2.75. The molecule has 0 aliphatic heterocycles. The molecule has 1 aromatic heterocycles. The van der Waals surface area contributed by atoms with Gasteiger partial charge in [0.2, 0.25) is 0 Å². The minimum absolute atomic E-state index is 0.390. The number of thioether (sulfide) groups is 1. The Balaban J connectivity index is 2.37. The van der Waals surface area contributed by atoms with E-state index in [4.69, 9.17) is 0 Å². The van der Waals surface area contributed by atoms with Crippen molar-refractivity contribution in [1.82, 2.24) is 10.3 Å². The van der Waals surface area contributed by atoms with Crippen molar-refractivity contribution in [3.8, 4) is 0 Å². The summed E-state index contributed by atoms with van der Waals surface area (Å²) in [4.78, 5) is 4.67. The molecule has 1 N–H and O–H groups in total. The minimum atomic E-state index is 0.390. The zero-order valence-corrected chi connectivity index (χ0v) is 12.1. The van der Waals surface area contributed by atoms with Crippen LogP contribution in [0.1, 0.15) is 50.4 Å². The first-order valence-corrected chi connectivity index (χ1v) is 8.06. The maximum Gasteiger partial charge on any atom is 0.103 e. The maximum absolute atomic E-state index is 4.67. The smallest absolute Gasteiger partial charge is 0.103 e. The molecule has 0 spiro atoms. The number of nitrogens with zero attached hydrogens (tertiary/aromatic N) is 1. The Morgan fingerprint density at radius 1 is 1.44 bits per heavy atom. The van der Waals surface area contributed by atoms with Crippen LogP contribution in [0.25, 0.3) is 0 Å². The fraction of sp³-hybridized carbons (Fsp3) is 0.750. The van der Waals surface area contributed by atoms with E-state index in [0.717, 1.165) is 12.3 Å². The van der Waals surface area contributed by atoms with Crippen molar-refractivity contribution in [3.05, 3.63) is 16.1 Å². The molecule has 4 heteroatoms. The quantitative estimate of drug-likeness (QED) is 0.717. The number of hydrogen-bond acceptors (Lipinski definition) is 4. The molecule has 1 unspecified atom stereocenters. The lowest BCUT2D eigenvalue weighted by atomic mass is 10.2. The van der Waals surface area contributed by atoms with E-state index in [2.05, 4.69) is 36.5 Å². The summed E-state index contributed by atoms with van der Waals surface area (Å²) in [6.45, 7) is 7.66. The third-order valence-electron chi connectivity index (χ3n) is 2.29. The molecule has 1 aromatic rings. The predicted octanol–water partition coefficient (Wildman–Crippen LogP) is 3.85. The van der Waals surface area contributed by atoms with E-state index in [1.54, 1.807) is 11.3 Å². The number of hydrogen-bond donors (Lipinski definition) is 1. The highest BCUT2D eigenvalue weighted by Gasteiger charge is 2.08. The van der Waals surface area contributed by atoms with E-state index < -0.39 is 0 Å². The molecule has 0 aromatic carbocycles. The van der Waals surface area contributed by atoms with Crippen LogP contribution in [0, 0.1) is 0 Å². The largest absolute Gasteiger partial charge is 0.309 e. The molecule has 0 bridgehead atoms. The predicted molar refractivity (Wildman–Crippen MR) is 75.3 cm³/mol. The highest BCUT2D eigenvalue weighted by Crippen LogP contribution is 2.20. The van der Waals surface area contributed by atoms with Gasteiger partial charge in [-0.25, -0.2) is 4.98 Å². The van der Waals surface area contributed by atoms with Crippen molar-refractivity contribution in [2.75, 3.05) is 12.3 Å². The SMILES string of the molecule is CCCNC(C)c1csc(CSCCC)n1. The highest BCUT2D eigenvalue weighted by molar-refractivity contribution is 7.98. The van der Waals surface area contributed by atoms with E-state index in [-0.39, 0.29) is 0 Å². The number of rotatable bonds is 8. The second-order valence-electron chi connectivity index (χ2n) is 3.89. The molecule has 1 atom stereocenters. The normalized spacial score (nSPS) is 12.9. The summed E-state index contributed by atoms with van der Waals surface area (Å²) in [7, 11) is 0. The first kappa shape index (κ1) is 14.0. The van der Waals surface area contributed by atoms with E-state index >= 15 is 0 Å². The van der Waals surface area contributed by atoms with E-state index in [1.807, 2.05) is 11.8 Å². The Bertz CT molecular complexity index is 286. The molecule has 0 aliphatic rings. The standard InChI is InChI=1S/C12H22N2S2/c1-4-6-13-10(3)11-8-16-12(14-11)9-15-7-5-2/h8,10,13H,4-7,9H2,1-3H3. The van der Waals surface area contributed by atoms with Gasteiger partial charge in [-0.1, -0.05) is 13.8 Å². The molecule has 1 rings (SSSR count). The molecule has 0 aliphatic carbocycles. The first-order valence-electron chi connectivity index (χ1n) is 6.03. The van der Waals surface area contributed by atoms with E-state index in [9.17, 15) is 0 Å². The van der Waals surface area contributed by atoms with Gasteiger partial charge in [0.15, 0.2) is 0 Å². The summed E-state index contributed by atoms with van der Waals surface area (Å²) in [6.07, 6.45) is 2.42. The molecule has 2 nitrogen and oxygen atoms in total. The van der Waals surface area contributed by atoms with Crippen molar-refractivity contribution >= 4 is 23.1 Å². The van der Waals surface area contributed by atoms with Gasteiger partial charge in [0, 0.05) is 17.2 Å². The van der Waals surface area contributed by atoms with Crippen molar-refractivity contribution < 1.29 is 0 Å². The van der Waals surface area contributed by atoms with Crippen LogP contribution < -0.4 is 5.32 Å². The van der Waals surface area contributed by atoms with Crippen molar-refractivity contribution in [2.24, 2.45) is 0 Å². The van der Waals surface area contributed by atoms with E-state index in [0.29, 0.717) is 6.04 Å². The van der Waals surface area contributed by atoms with Gasteiger partial charge in [0.25, 0.3) is 0 Å². The lowest BCUT2D eigenvalue weighted by Crippen LogP contribution is -2.19. The Kier molecular flexibility index (Phi) is 7.08. The van der Waals surface area contributed by atoms with Crippen LogP contribution in [0.5, 0.6) is 0 Å². The number of thiazole rings is 1. The molecule has 1 heterocycles. The van der Waals surface area contributed by atoms with Crippen LogP contribution in [0.3, 0.4) is 0 Å². The third-order valence-corrected chi connectivity index (χ3v) is 4.51. The fourth-order valence-corrected chi connectivity index (χ4v) is 3.23. The summed E-state index contributed by atoms with van der Waals surface area (Å²) in [5.74, 6) is 2.30. The Morgan fingerprint density at radius 3 is 2.94 bits per heavy atom. The summed E-state index contributed by atoms with van der Waals surface area (Å²) in [5, 5.41) is 6.92. The Hall–Kier alpha value is -0.0600. The van der Waals surface area contributed by atoms with Gasteiger partial charge >= 0.3 is 0 Å². The van der Waals surface area contributed by atoms with Gasteiger partial charge in [-0.3, -0.25) is 0 Å². The van der Waals surface area contributed by atoms with Crippen LogP contribution >= 0.6 is 23.1 Å². The van der Waals surface area contributed by atoms with Gasteiger partial charge < -0.3 is 5.32 Å². The molecule has 92 valence electrons. The molecule has 0 fully saturated rings. The van der Waals surface area contributed by atoms with Gasteiger partial charge in [0.05, 0.1) is 5.69 Å². The van der Waals surface area contributed by atoms with Crippen LogP contribution in [-0.4, -0.2) is 17.3 Å². The molecule has 16 heavy (non-hydrogen) atoms. The lowest BCUT2D eigenvalue weighted by Gasteiger charge is -2.09. The summed E-state index contributed by atoms with van der Waals surface area (Å²) >= 11 is 3.77. The fourth-order valence-electron chi connectivity index (χ4n) is 1.36. The zero-order valence-electron chi connectivity index (χ0n) is 10.5. The second kappa shape index (κ2) is 8.09. The molecular weight excluding hydrogens is 236 g/mol. The molecule has 0 saturated heterocycles. The second-order valence-corrected chi connectivity index (χ2v) is 5.94. The van der Waals surface area contributed by atoms with Gasteiger partial charge in [-0.05, 0) is 32.1 Å². The Labute approximate surface area is 107 Å². The number of nitrogens with one attached hydrogen (secondary N) is 1. The minimum Gasteiger partial charge on any atom is -0.309 e. The summed E-state index contributed by atoms with van der Waals surface area (Å²) in [5.41, 5.74) is 1.20. The maximum atomic E-state index is 4.67. The van der Waals surface area contributed by atoms with Crippen LogP contribution in [-0.2, 0) is 5.75 Å². The van der Waals surface area contributed by atoms with Crippen molar-refractivity contribution in [1.29, 1.82) is 0 Å². The first-order chi connectivity index (χ1) is 7.77. The molecule has 0 saturated carbocycles. The van der Waals surface area contributed by atoms with Gasteiger partial charge in [0.1, 0.15) is 5.01 Å². The van der Waals surface area contributed by atoms with Crippen LogP contribution in [0.15, 0.2) is 5.38 Å². The van der Waals surface area contributed by atoms with Gasteiger partial charge in [-0.15, -0.1) is 11.3 Å². The van der Waals surface area contributed by atoms with Gasteiger partial charge in [-0.2, -0.15) is 11.8 Å². The van der Waals surface area contributed by atoms with E-state index in [1.165, 1.54) is 29.3 Å². The summed E-state index contributed by atoms with van der Waals surface area (Å²) in [6, 6.07) is 0.390. The lowest BCUT2D eigenvalue weighted by molar-refractivity contribution is 0.560. The molecule has 0 radical (unpaired) electrons. The zero-order chi connectivity index (χ0) is 11.8. The van der Waals surface area contributed by atoms with Crippen molar-refractivity contribution in [2.45, 2.75) is 45.4 Å². The van der Waals surface area contributed by atoms with Crippen LogP contribution in [0.2, 0.25) is 0 Å². The van der Waals surface area contributed by atoms with Crippen molar-refractivity contribution in [3.63, 3.8) is 0 Å².